The normalized spacial score (nSPS) is 12.0. The first kappa shape index (κ1) is 58.5. The summed E-state index contributed by atoms with van der Waals surface area (Å²) in [5.41, 5.74) is 0.658. The van der Waals surface area contributed by atoms with Gasteiger partial charge in [0.25, 0.3) is 0 Å². The molecule has 2 radical (unpaired) electrons. The zero-order valence-corrected chi connectivity index (χ0v) is 30.9. The van der Waals surface area contributed by atoms with Crippen molar-refractivity contribution in [3.8, 4) is 23.0 Å². The first-order chi connectivity index (χ1) is 18.0. The summed E-state index contributed by atoms with van der Waals surface area (Å²) in [5.74, 6) is -2.35. The molecule has 2 rings (SSSR count). The number of rotatable bonds is 12. The standard InChI is InChI=1S/2C14H19NO4.Na.H2O.3O.2V/c2*1-4-9(2)13(14(17)18)15-8-10-5-6-11(19-3)7-12(10)16;;;;;;;/h2*5-9,13,16H,4H2,1-3H3,(H,17,18);;1H2;;;;;/q;;+1;;3*-2;;+4/p-4/t2*9-,13-;;;;;;;/m00......./s1. The van der Waals surface area contributed by atoms with Crippen molar-refractivity contribution < 1.29 is 128 Å². The van der Waals surface area contributed by atoms with E-state index < -0.39 is 24.0 Å². The monoisotopic (exact) mass is 717 g/mol. The van der Waals surface area contributed by atoms with E-state index in [1.165, 1.54) is 38.8 Å². The number of hydrogen-bond donors (Lipinski definition) is 0. The van der Waals surface area contributed by atoms with Crippen LogP contribution in [0.25, 0.3) is 0 Å². The van der Waals surface area contributed by atoms with E-state index in [2.05, 4.69) is 9.98 Å². The molecule has 0 saturated heterocycles. The number of aliphatic imine (C=N–C) groups is 2. The molecule has 0 unspecified atom stereocenters. The molecule has 0 bridgehead atoms. The first-order valence-electron chi connectivity index (χ1n) is 12.2. The van der Waals surface area contributed by atoms with Crippen LogP contribution in [0, 0.1) is 11.8 Å². The molecule has 0 saturated carbocycles. The molecule has 0 fully saturated rings. The van der Waals surface area contributed by atoms with Crippen LogP contribution in [0.4, 0.5) is 0 Å². The smallest absolute Gasteiger partial charge is 2.00 e. The van der Waals surface area contributed by atoms with Crippen molar-refractivity contribution in [2.45, 2.75) is 52.6 Å². The third kappa shape index (κ3) is 19.9. The molecule has 17 heteroatoms. The van der Waals surface area contributed by atoms with Gasteiger partial charge in [-0.15, -0.1) is 0 Å². The van der Waals surface area contributed by atoms with Crippen molar-refractivity contribution in [3.63, 3.8) is 0 Å². The van der Waals surface area contributed by atoms with E-state index in [0.717, 1.165) is 0 Å². The number of carboxylic acids is 2. The van der Waals surface area contributed by atoms with Gasteiger partial charge in [0.15, 0.2) is 0 Å². The average Bonchev–Trinajstić information content (AvgIpc) is 2.89. The van der Waals surface area contributed by atoms with Gasteiger partial charge in [0, 0.05) is 31.0 Å². The van der Waals surface area contributed by atoms with Crippen LogP contribution in [0.5, 0.6) is 23.0 Å². The molecule has 4 atom stereocenters. The Morgan fingerprint density at radius 2 is 1.04 bits per heavy atom. The van der Waals surface area contributed by atoms with Gasteiger partial charge in [-0.1, -0.05) is 64.2 Å². The molecule has 0 aromatic heterocycles. The number of methoxy groups -OCH3 is 2. The van der Waals surface area contributed by atoms with Gasteiger partial charge in [-0.3, -0.25) is 9.98 Å². The number of benzene rings is 2. The minimum atomic E-state index is -1.23. The summed E-state index contributed by atoms with van der Waals surface area (Å²) in [4.78, 5) is 29.9. The molecule has 2 aromatic rings. The Morgan fingerprint density at radius 1 is 0.756 bits per heavy atom. The zero-order chi connectivity index (χ0) is 28.8. The fourth-order valence-electron chi connectivity index (χ4n) is 3.14. The van der Waals surface area contributed by atoms with Gasteiger partial charge in [-0.2, -0.15) is 0 Å². The molecule has 0 aliphatic carbocycles. The van der Waals surface area contributed by atoms with E-state index >= 15 is 0 Å². The molecule has 0 aliphatic rings. The van der Waals surface area contributed by atoms with Gasteiger partial charge >= 0.3 is 48.1 Å². The van der Waals surface area contributed by atoms with Gasteiger partial charge < -0.3 is 61.4 Å². The van der Waals surface area contributed by atoms with Crippen LogP contribution in [-0.4, -0.2) is 56.1 Å². The summed E-state index contributed by atoms with van der Waals surface area (Å²) in [6.07, 6.45) is 3.91. The SMILES string of the molecule is CC[C@H](C)[C@H](N=Cc1ccc(OC)cc1[O-])C(=O)[O-].CC[C@H](C)[C@H](N=Cc1ccc(OC)cc1[O-])C(=O)[O-].O.[Na+].[O-2].[O-2].[O-2].[V+4].[V]. The number of hydrogen-bond acceptors (Lipinski definition) is 10. The van der Waals surface area contributed by atoms with E-state index in [1.54, 1.807) is 38.1 Å². The van der Waals surface area contributed by atoms with Crippen molar-refractivity contribution >= 4 is 24.4 Å². The van der Waals surface area contributed by atoms with E-state index in [1.807, 2.05) is 13.8 Å². The fourth-order valence-corrected chi connectivity index (χ4v) is 3.14. The first-order valence-corrected chi connectivity index (χ1v) is 12.2. The van der Waals surface area contributed by atoms with Gasteiger partial charge in [0.1, 0.15) is 11.5 Å². The minimum absolute atomic E-state index is 0. The predicted octanol–water partition coefficient (Wildman–Crippen LogP) is -3.48. The van der Waals surface area contributed by atoms with E-state index in [-0.39, 0.29) is 112 Å². The summed E-state index contributed by atoms with van der Waals surface area (Å²) in [6.45, 7) is 7.32. The Balaban J connectivity index is -0.000000111. The quantitative estimate of drug-likeness (QED) is 0.157. The maximum absolute atomic E-state index is 11.7. The molecular weight excluding hydrogens is 681 g/mol. The molecular formula is C28H36N2NaO12V2-5. The Hall–Kier alpha value is -2.07. The minimum Gasteiger partial charge on any atom is -2.00 e. The predicted molar refractivity (Wildman–Crippen MR) is 142 cm³/mol. The second kappa shape index (κ2) is 30.6. The van der Waals surface area contributed by atoms with Crippen molar-refractivity contribution in [1.29, 1.82) is 0 Å². The topological polar surface area (TPSA) is 287 Å². The molecule has 45 heavy (non-hydrogen) atoms. The Labute approximate surface area is 309 Å². The van der Waals surface area contributed by atoms with Gasteiger partial charge in [-0.05, 0) is 47.2 Å². The number of carbonyl (C=O) groups excluding carboxylic acids is 2. The van der Waals surface area contributed by atoms with Crippen LogP contribution in [-0.2, 0) is 63.1 Å². The van der Waals surface area contributed by atoms with Crippen molar-refractivity contribution in [2.24, 2.45) is 21.8 Å². The van der Waals surface area contributed by atoms with Crippen LogP contribution in [0.3, 0.4) is 0 Å². The maximum Gasteiger partial charge on any atom is 4.00 e. The van der Waals surface area contributed by atoms with E-state index in [9.17, 15) is 30.0 Å². The van der Waals surface area contributed by atoms with Crippen LogP contribution >= 0.6 is 0 Å². The number of ether oxygens (including phenoxy) is 2. The van der Waals surface area contributed by atoms with Crippen molar-refractivity contribution in [1.82, 2.24) is 0 Å². The Kier molecular flexibility index (Phi) is 39.7. The molecule has 14 nitrogen and oxygen atoms in total. The molecule has 2 N–H and O–H groups in total. The van der Waals surface area contributed by atoms with E-state index in [0.29, 0.717) is 35.5 Å². The second-order valence-electron chi connectivity index (χ2n) is 8.66. The van der Waals surface area contributed by atoms with Gasteiger partial charge in [-0.25, -0.2) is 0 Å². The fraction of sp³-hybridized carbons (Fsp3) is 0.429. The molecule has 0 aliphatic heterocycles. The van der Waals surface area contributed by atoms with Crippen LogP contribution in [0.1, 0.15) is 51.7 Å². The summed E-state index contributed by atoms with van der Waals surface area (Å²) >= 11 is 0. The van der Waals surface area contributed by atoms with Crippen LogP contribution < -0.4 is 59.5 Å². The summed E-state index contributed by atoms with van der Waals surface area (Å²) < 4.78 is 9.84. The maximum atomic E-state index is 11.7. The molecule has 246 valence electrons. The number of nitrogens with zero attached hydrogens (tertiary/aromatic N) is 2. The third-order valence-corrected chi connectivity index (χ3v) is 6.04. The largest absolute Gasteiger partial charge is 4.00 e. The zero-order valence-electron chi connectivity index (χ0n) is 26.1. The Morgan fingerprint density at radius 3 is 1.24 bits per heavy atom. The molecule has 2 aromatic carbocycles. The van der Waals surface area contributed by atoms with E-state index in [4.69, 9.17) is 9.47 Å². The third-order valence-electron chi connectivity index (χ3n) is 6.04. The summed E-state index contributed by atoms with van der Waals surface area (Å²) in [6, 6.07) is 7.14. The van der Waals surface area contributed by atoms with Crippen molar-refractivity contribution in [2.75, 3.05) is 14.2 Å². The van der Waals surface area contributed by atoms with Crippen LogP contribution in [0.2, 0.25) is 0 Å². The van der Waals surface area contributed by atoms with Gasteiger partial charge in [0.2, 0.25) is 0 Å². The second-order valence-corrected chi connectivity index (χ2v) is 8.66. The number of carboxylic acid groups (broad SMARTS) is 2. The molecule has 0 amide bonds. The Bertz CT molecular complexity index is 1060. The molecule has 0 heterocycles. The number of aliphatic carboxylic acids is 2. The number of carbonyl (C=O) groups is 2. The van der Waals surface area contributed by atoms with Crippen LogP contribution in [0.15, 0.2) is 46.4 Å². The molecule has 0 spiro atoms. The summed E-state index contributed by atoms with van der Waals surface area (Å²) in [5, 5.41) is 45.3. The van der Waals surface area contributed by atoms with Gasteiger partial charge in [0.05, 0.1) is 38.2 Å². The summed E-state index contributed by atoms with van der Waals surface area (Å²) in [7, 11) is 2.94. The van der Waals surface area contributed by atoms with Crippen molar-refractivity contribution in [3.05, 3.63) is 47.5 Å². The average molecular weight is 717 g/mol.